The molecule has 1 aromatic rings. The van der Waals surface area contributed by atoms with E-state index in [1.807, 2.05) is 0 Å². The first-order valence-electron chi connectivity index (χ1n) is 7.93. The standard InChI is InChI=1S/C17H28N2S2/c1-4-15-17(21-9-8-20-15)16(19-18)14-7-5-6-13(11-14)10-12(2)3/h5-7,11-12,15-17,19H,4,8-10,18H2,1-3H3. The first-order valence-corrected chi connectivity index (χ1v) is 10.0. The van der Waals surface area contributed by atoms with Gasteiger partial charge in [-0.2, -0.15) is 23.5 Å². The van der Waals surface area contributed by atoms with Crippen LogP contribution in [0.3, 0.4) is 0 Å². The van der Waals surface area contributed by atoms with Gasteiger partial charge in [0.1, 0.15) is 0 Å². The van der Waals surface area contributed by atoms with E-state index < -0.39 is 0 Å². The molecule has 0 bridgehead atoms. The molecule has 3 N–H and O–H groups in total. The van der Waals surface area contributed by atoms with Crippen LogP contribution < -0.4 is 11.3 Å². The van der Waals surface area contributed by atoms with Crippen LogP contribution in [0, 0.1) is 5.92 Å². The van der Waals surface area contributed by atoms with Crippen LogP contribution >= 0.6 is 23.5 Å². The summed E-state index contributed by atoms with van der Waals surface area (Å²) < 4.78 is 0. The number of nitrogens with one attached hydrogen (secondary N) is 1. The van der Waals surface area contributed by atoms with Crippen LogP contribution in [0.5, 0.6) is 0 Å². The number of hydrazine groups is 1. The van der Waals surface area contributed by atoms with Gasteiger partial charge in [-0.25, -0.2) is 0 Å². The Bertz CT molecular complexity index is 437. The first kappa shape index (κ1) is 17.2. The molecule has 1 aliphatic rings. The maximum Gasteiger partial charge on any atom is 0.0589 e. The van der Waals surface area contributed by atoms with Crippen molar-refractivity contribution < 1.29 is 0 Å². The molecule has 0 aliphatic carbocycles. The van der Waals surface area contributed by atoms with Crippen molar-refractivity contribution in [1.82, 2.24) is 5.43 Å². The summed E-state index contributed by atoms with van der Waals surface area (Å²) in [4.78, 5) is 0. The average Bonchev–Trinajstić information content (AvgIpc) is 2.48. The monoisotopic (exact) mass is 324 g/mol. The Hall–Kier alpha value is -0.160. The highest BCUT2D eigenvalue weighted by Crippen LogP contribution is 2.40. The quantitative estimate of drug-likeness (QED) is 0.612. The number of thioether (sulfide) groups is 2. The van der Waals surface area contributed by atoms with Crippen LogP contribution in [0.1, 0.15) is 44.4 Å². The molecule has 21 heavy (non-hydrogen) atoms. The lowest BCUT2D eigenvalue weighted by atomic mass is 9.95. The van der Waals surface area contributed by atoms with Gasteiger partial charge in [0.25, 0.3) is 0 Å². The Labute approximate surface area is 138 Å². The van der Waals surface area contributed by atoms with Gasteiger partial charge in [-0.3, -0.25) is 11.3 Å². The molecule has 1 heterocycles. The smallest absolute Gasteiger partial charge is 0.0589 e. The molecule has 3 unspecified atom stereocenters. The fourth-order valence-corrected chi connectivity index (χ4v) is 6.25. The molecule has 2 nitrogen and oxygen atoms in total. The van der Waals surface area contributed by atoms with E-state index in [4.69, 9.17) is 5.84 Å². The van der Waals surface area contributed by atoms with Gasteiger partial charge < -0.3 is 0 Å². The first-order chi connectivity index (χ1) is 10.2. The summed E-state index contributed by atoms with van der Waals surface area (Å²) in [6, 6.07) is 9.23. The number of rotatable bonds is 6. The van der Waals surface area contributed by atoms with Crippen molar-refractivity contribution in [2.24, 2.45) is 11.8 Å². The van der Waals surface area contributed by atoms with E-state index in [0.29, 0.717) is 16.4 Å². The van der Waals surface area contributed by atoms with Crippen molar-refractivity contribution in [2.45, 2.75) is 50.2 Å². The van der Waals surface area contributed by atoms with Crippen LogP contribution in [-0.2, 0) is 6.42 Å². The molecular weight excluding hydrogens is 296 g/mol. The molecule has 1 aromatic carbocycles. The van der Waals surface area contributed by atoms with Crippen LogP contribution in [-0.4, -0.2) is 22.0 Å². The molecule has 4 heteroatoms. The van der Waals surface area contributed by atoms with Gasteiger partial charge >= 0.3 is 0 Å². The Morgan fingerprint density at radius 1 is 1.29 bits per heavy atom. The van der Waals surface area contributed by atoms with Gasteiger partial charge in [0.2, 0.25) is 0 Å². The van der Waals surface area contributed by atoms with E-state index in [1.165, 1.54) is 29.1 Å². The Morgan fingerprint density at radius 2 is 2.05 bits per heavy atom. The molecule has 0 amide bonds. The molecular formula is C17H28N2S2. The van der Waals surface area contributed by atoms with Gasteiger partial charge in [-0.1, -0.05) is 45.0 Å². The van der Waals surface area contributed by atoms with E-state index in [2.05, 4.69) is 74.0 Å². The van der Waals surface area contributed by atoms with E-state index in [1.54, 1.807) is 0 Å². The largest absolute Gasteiger partial charge is 0.271 e. The third-order valence-electron chi connectivity index (χ3n) is 3.96. The summed E-state index contributed by atoms with van der Waals surface area (Å²) in [6.07, 6.45) is 2.35. The van der Waals surface area contributed by atoms with Gasteiger partial charge in [0.15, 0.2) is 0 Å². The number of hydrogen-bond acceptors (Lipinski definition) is 4. The number of benzene rings is 1. The van der Waals surface area contributed by atoms with E-state index >= 15 is 0 Å². The minimum atomic E-state index is 0.250. The molecule has 3 atom stereocenters. The SMILES string of the molecule is CCC1SCCSC1C(NN)c1cccc(CC(C)C)c1. The molecule has 0 spiro atoms. The summed E-state index contributed by atoms with van der Waals surface area (Å²) in [6.45, 7) is 6.83. The summed E-state index contributed by atoms with van der Waals surface area (Å²) in [5.74, 6) is 9.12. The fourth-order valence-electron chi connectivity index (χ4n) is 3.01. The highest BCUT2D eigenvalue weighted by atomic mass is 32.2. The lowest BCUT2D eigenvalue weighted by Crippen LogP contribution is -2.41. The zero-order valence-corrected chi connectivity index (χ0v) is 15.0. The second-order valence-corrected chi connectivity index (χ2v) is 8.77. The lowest BCUT2D eigenvalue weighted by Gasteiger charge is -2.36. The minimum Gasteiger partial charge on any atom is -0.271 e. The van der Waals surface area contributed by atoms with Crippen molar-refractivity contribution >= 4 is 23.5 Å². The lowest BCUT2D eigenvalue weighted by molar-refractivity contribution is 0.513. The number of hydrogen-bond donors (Lipinski definition) is 2. The third kappa shape index (κ3) is 4.65. The summed E-state index contributed by atoms with van der Waals surface area (Å²) in [5, 5.41) is 1.26. The molecule has 1 fully saturated rings. The van der Waals surface area contributed by atoms with Gasteiger partial charge in [-0.15, -0.1) is 0 Å². The molecule has 118 valence electrons. The zero-order chi connectivity index (χ0) is 15.2. The Morgan fingerprint density at radius 3 is 2.71 bits per heavy atom. The van der Waals surface area contributed by atoms with Crippen molar-refractivity contribution in [3.05, 3.63) is 35.4 Å². The Kier molecular flexibility index (Phi) is 6.93. The van der Waals surface area contributed by atoms with Gasteiger partial charge in [-0.05, 0) is 29.9 Å². The highest BCUT2D eigenvalue weighted by molar-refractivity contribution is 8.07. The van der Waals surface area contributed by atoms with Crippen molar-refractivity contribution in [1.29, 1.82) is 0 Å². The second kappa shape index (κ2) is 8.47. The highest BCUT2D eigenvalue weighted by Gasteiger charge is 2.32. The van der Waals surface area contributed by atoms with Crippen LogP contribution in [0.25, 0.3) is 0 Å². The average molecular weight is 325 g/mol. The normalized spacial score (nSPS) is 24.2. The van der Waals surface area contributed by atoms with Gasteiger partial charge in [0, 0.05) is 22.0 Å². The summed E-state index contributed by atoms with van der Waals surface area (Å²) >= 11 is 4.19. The van der Waals surface area contributed by atoms with Gasteiger partial charge in [0.05, 0.1) is 6.04 Å². The second-order valence-electron chi connectivity index (χ2n) is 6.14. The van der Waals surface area contributed by atoms with E-state index in [-0.39, 0.29) is 6.04 Å². The van der Waals surface area contributed by atoms with Crippen molar-refractivity contribution in [2.75, 3.05) is 11.5 Å². The van der Waals surface area contributed by atoms with E-state index in [0.717, 1.165) is 6.42 Å². The van der Waals surface area contributed by atoms with Crippen molar-refractivity contribution in [3.8, 4) is 0 Å². The van der Waals surface area contributed by atoms with Crippen molar-refractivity contribution in [3.63, 3.8) is 0 Å². The molecule has 0 radical (unpaired) electrons. The zero-order valence-electron chi connectivity index (χ0n) is 13.3. The van der Waals surface area contributed by atoms with E-state index in [9.17, 15) is 0 Å². The molecule has 1 aliphatic heterocycles. The molecule has 0 saturated carbocycles. The predicted molar refractivity (Wildman–Crippen MR) is 97.8 cm³/mol. The summed E-state index contributed by atoms with van der Waals surface area (Å²) in [5.41, 5.74) is 5.86. The van der Waals surface area contributed by atoms with Crippen LogP contribution in [0.15, 0.2) is 24.3 Å². The molecule has 0 aromatic heterocycles. The number of nitrogens with two attached hydrogens (primary N) is 1. The third-order valence-corrected chi connectivity index (χ3v) is 7.31. The molecule has 2 rings (SSSR count). The summed E-state index contributed by atoms with van der Waals surface area (Å²) in [7, 11) is 0. The maximum absolute atomic E-state index is 5.93. The fraction of sp³-hybridized carbons (Fsp3) is 0.647. The Balaban J connectivity index is 2.19. The van der Waals surface area contributed by atoms with Crippen LogP contribution in [0.4, 0.5) is 0 Å². The predicted octanol–water partition coefficient (Wildman–Crippen LogP) is 4.02. The minimum absolute atomic E-state index is 0.250. The van der Waals surface area contributed by atoms with Crippen LogP contribution in [0.2, 0.25) is 0 Å². The topological polar surface area (TPSA) is 38.0 Å². The maximum atomic E-state index is 5.93. The molecule has 1 saturated heterocycles.